The summed E-state index contributed by atoms with van der Waals surface area (Å²) in [5.41, 5.74) is 1.13. The molecule has 8 heteroatoms. The summed E-state index contributed by atoms with van der Waals surface area (Å²) in [5, 5.41) is 2.56. The van der Waals surface area contributed by atoms with Crippen molar-refractivity contribution >= 4 is 12.2 Å². The zero-order valence-corrected chi connectivity index (χ0v) is 19.1. The van der Waals surface area contributed by atoms with Gasteiger partial charge in [-0.3, -0.25) is 0 Å². The van der Waals surface area contributed by atoms with Gasteiger partial charge in [-0.15, -0.1) is 0 Å². The van der Waals surface area contributed by atoms with E-state index in [0.717, 1.165) is 18.2 Å². The molecule has 174 valence electrons. The van der Waals surface area contributed by atoms with Crippen molar-refractivity contribution in [2.24, 2.45) is 0 Å². The Morgan fingerprint density at radius 3 is 2.76 bits per heavy atom. The van der Waals surface area contributed by atoms with Crippen LogP contribution in [0.2, 0.25) is 0 Å². The molecule has 1 saturated heterocycles. The van der Waals surface area contributed by atoms with Crippen molar-refractivity contribution in [1.29, 1.82) is 0 Å². The van der Waals surface area contributed by atoms with Crippen LogP contribution in [-0.4, -0.2) is 40.8 Å². The molecule has 2 aromatic rings. The second kappa shape index (κ2) is 10.8. The zero-order chi connectivity index (χ0) is 23.8. The number of alkyl carbamates (subject to hydrolysis) is 1. The van der Waals surface area contributed by atoms with Crippen LogP contribution in [0.4, 0.5) is 14.0 Å². The van der Waals surface area contributed by atoms with E-state index >= 15 is 0 Å². The minimum Gasteiger partial charge on any atom is -0.445 e. The molecule has 0 bridgehead atoms. The van der Waals surface area contributed by atoms with Crippen LogP contribution in [0, 0.1) is 17.7 Å². The summed E-state index contributed by atoms with van der Waals surface area (Å²) in [4.78, 5) is 30.2. The van der Waals surface area contributed by atoms with E-state index < -0.39 is 23.6 Å². The fraction of sp³-hybridized carbons (Fsp3) is 0.400. The number of hydrogen-bond donors (Lipinski definition) is 1. The van der Waals surface area contributed by atoms with Gasteiger partial charge in [-0.25, -0.2) is 19.0 Å². The summed E-state index contributed by atoms with van der Waals surface area (Å²) in [6.07, 6.45) is 1.47. The molecule has 1 unspecified atom stereocenters. The third-order valence-corrected chi connectivity index (χ3v) is 4.86. The van der Waals surface area contributed by atoms with Gasteiger partial charge in [0.2, 0.25) is 0 Å². The Hall–Kier alpha value is -3.60. The van der Waals surface area contributed by atoms with Gasteiger partial charge in [0, 0.05) is 12.1 Å². The number of nitrogens with zero attached hydrogens (tertiary/aromatic N) is 2. The Morgan fingerprint density at radius 1 is 1.27 bits per heavy atom. The number of aromatic nitrogens is 1. The average molecular weight is 454 g/mol. The second-order valence-corrected chi connectivity index (χ2v) is 8.64. The van der Waals surface area contributed by atoms with Crippen LogP contribution in [-0.2, 0) is 16.1 Å². The number of carbonyl (C=O) groups is 2. The molecule has 1 N–H and O–H groups in total. The van der Waals surface area contributed by atoms with Crippen LogP contribution in [0.5, 0.6) is 0 Å². The average Bonchev–Trinajstić information content (AvgIpc) is 3.26. The van der Waals surface area contributed by atoms with Gasteiger partial charge >= 0.3 is 12.2 Å². The number of nitrogens with one attached hydrogen (secondary N) is 1. The Labute approximate surface area is 193 Å². The van der Waals surface area contributed by atoms with Crippen molar-refractivity contribution in [3.05, 3.63) is 65.2 Å². The largest absolute Gasteiger partial charge is 0.445 e. The summed E-state index contributed by atoms with van der Waals surface area (Å²) in [7, 11) is 0. The highest BCUT2D eigenvalue weighted by Crippen LogP contribution is 2.34. The van der Waals surface area contributed by atoms with Crippen molar-refractivity contribution in [2.45, 2.75) is 51.9 Å². The Morgan fingerprint density at radius 2 is 2.03 bits per heavy atom. The summed E-state index contributed by atoms with van der Waals surface area (Å²) in [6.45, 7) is 6.10. The maximum absolute atomic E-state index is 14.0. The topological polar surface area (TPSA) is 80.8 Å². The fourth-order valence-electron chi connectivity index (χ4n) is 3.46. The number of ether oxygens (including phenoxy) is 2. The molecule has 0 saturated carbocycles. The predicted molar refractivity (Wildman–Crippen MR) is 121 cm³/mol. The van der Waals surface area contributed by atoms with Crippen LogP contribution in [0.25, 0.3) is 0 Å². The number of halogens is 1. The molecule has 1 aromatic carbocycles. The Kier molecular flexibility index (Phi) is 7.88. The molecule has 1 aliphatic heterocycles. The SMILES string of the molecule is CC(C)(C)OC(=O)N1CCCC1c1cc(F)cnc1C#CCNC(=O)OCc1ccccc1. The minimum absolute atomic E-state index is 0.0343. The van der Waals surface area contributed by atoms with Crippen molar-refractivity contribution < 1.29 is 23.5 Å². The molecule has 1 aliphatic rings. The lowest BCUT2D eigenvalue weighted by Gasteiger charge is -2.29. The van der Waals surface area contributed by atoms with Gasteiger partial charge in [0.05, 0.1) is 18.8 Å². The van der Waals surface area contributed by atoms with Gasteiger partial charge < -0.3 is 19.7 Å². The summed E-state index contributed by atoms with van der Waals surface area (Å²) >= 11 is 0. The van der Waals surface area contributed by atoms with Crippen LogP contribution < -0.4 is 5.32 Å². The zero-order valence-electron chi connectivity index (χ0n) is 19.1. The number of carbonyl (C=O) groups excluding carboxylic acids is 2. The molecule has 0 spiro atoms. The van der Waals surface area contributed by atoms with Gasteiger partial charge in [-0.2, -0.15) is 0 Å². The number of benzene rings is 1. The molecule has 0 aliphatic carbocycles. The van der Waals surface area contributed by atoms with Crippen LogP contribution in [0.15, 0.2) is 42.6 Å². The summed E-state index contributed by atoms with van der Waals surface area (Å²) in [5.74, 6) is 5.19. The monoisotopic (exact) mass is 453 g/mol. The molecule has 3 rings (SSSR count). The number of pyridine rings is 1. The van der Waals surface area contributed by atoms with Gasteiger partial charge in [0.15, 0.2) is 0 Å². The highest BCUT2D eigenvalue weighted by atomic mass is 19.1. The van der Waals surface area contributed by atoms with E-state index in [1.807, 2.05) is 30.3 Å². The number of rotatable bonds is 4. The number of likely N-dealkylation sites (tertiary alicyclic amines) is 1. The van der Waals surface area contributed by atoms with E-state index in [4.69, 9.17) is 9.47 Å². The number of hydrogen-bond acceptors (Lipinski definition) is 5. The lowest BCUT2D eigenvalue weighted by Crippen LogP contribution is -2.36. The smallest absolute Gasteiger partial charge is 0.410 e. The highest BCUT2D eigenvalue weighted by molar-refractivity contribution is 5.69. The Bertz CT molecular complexity index is 1040. The molecule has 0 radical (unpaired) electrons. The van der Waals surface area contributed by atoms with Gasteiger partial charge in [0.25, 0.3) is 0 Å². The van der Waals surface area contributed by atoms with Crippen LogP contribution in [0.3, 0.4) is 0 Å². The van der Waals surface area contributed by atoms with Crippen LogP contribution >= 0.6 is 0 Å². The third-order valence-electron chi connectivity index (χ3n) is 4.86. The van der Waals surface area contributed by atoms with Crippen molar-refractivity contribution in [2.75, 3.05) is 13.1 Å². The quantitative estimate of drug-likeness (QED) is 0.686. The normalized spacial score (nSPS) is 15.4. The first-order valence-corrected chi connectivity index (χ1v) is 10.8. The van der Waals surface area contributed by atoms with E-state index in [9.17, 15) is 14.0 Å². The lowest BCUT2D eigenvalue weighted by molar-refractivity contribution is 0.0224. The first-order valence-electron chi connectivity index (χ1n) is 10.8. The predicted octanol–water partition coefficient (Wildman–Crippen LogP) is 4.57. The number of amides is 2. The first-order chi connectivity index (χ1) is 15.7. The first kappa shape index (κ1) is 24.1. The van der Waals surface area contributed by atoms with Gasteiger partial charge in [-0.05, 0) is 51.2 Å². The minimum atomic E-state index is -0.631. The molecular weight excluding hydrogens is 425 g/mol. The molecule has 1 fully saturated rings. The third kappa shape index (κ3) is 7.21. The maximum Gasteiger partial charge on any atom is 0.410 e. The van der Waals surface area contributed by atoms with Crippen molar-refractivity contribution in [3.63, 3.8) is 0 Å². The highest BCUT2D eigenvalue weighted by Gasteiger charge is 2.34. The fourth-order valence-corrected chi connectivity index (χ4v) is 3.46. The molecule has 2 heterocycles. The van der Waals surface area contributed by atoms with E-state index in [2.05, 4.69) is 22.1 Å². The molecule has 33 heavy (non-hydrogen) atoms. The standard InChI is InChI=1S/C25H28FN3O4/c1-25(2,3)33-24(31)29-14-8-12-22(29)20-15-19(26)16-28-21(20)11-7-13-27-23(30)32-17-18-9-5-4-6-10-18/h4-6,9-10,15-16,22H,8,12-14,17H2,1-3H3,(H,27,30). The van der Waals surface area contributed by atoms with E-state index in [1.165, 1.54) is 6.07 Å². The Balaban J connectivity index is 1.64. The maximum atomic E-state index is 14.0. The second-order valence-electron chi connectivity index (χ2n) is 8.64. The van der Waals surface area contributed by atoms with Gasteiger partial charge in [0.1, 0.15) is 23.7 Å². The molecule has 2 amide bonds. The molecule has 1 atom stereocenters. The van der Waals surface area contributed by atoms with E-state index in [0.29, 0.717) is 24.2 Å². The molecular formula is C25H28FN3O4. The van der Waals surface area contributed by atoms with Gasteiger partial charge in [-0.1, -0.05) is 36.3 Å². The van der Waals surface area contributed by atoms with Crippen molar-refractivity contribution in [1.82, 2.24) is 15.2 Å². The van der Waals surface area contributed by atoms with Crippen LogP contribution in [0.1, 0.15) is 56.5 Å². The summed E-state index contributed by atoms with van der Waals surface area (Å²) < 4.78 is 24.6. The molecule has 7 nitrogen and oxygen atoms in total. The lowest BCUT2D eigenvalue weighted by atomic mass is 10.0. The molecule has 1 aromatic heterocycles. The van der Waals surface area contributed by atoms with Crippen molar-refractivity contribution in [3.8, 4) is 11.8 Å². The summed E-state index contributed by atoms with van der Waals surface area (Å²) in [6, 6.07) is 10.3. The van der Waals surface area contributed by atoms with E-state index in [1.54, 1.807) is 25.7 Å². The van der Waals surface area contributed by atoms with E-state index in [-0.39, 0.29) is 19.2 Å².